The van der Waals surface area contributed by atoms with Crippen LogP contribution in [0.2, 0.25) is 0 Å². The van der Waals surface area contributed by atoms with E-state index in [1.54, 1.807) is 4.68 Å². The Morgan fingerprint density at radius 1 is 1.26 bits per heavy atom. The fourth-order valence-corrected chi connectivity index (χ4v) is 2.41. The van der Waals surface area contributed by atoms with E-state index in [4.69, 9.17) is 0 Å². The Morgan fingerprint density at radius 3 is 2.53 bits per heavy atom. The lowest BCUT2D eigenvalue weighted by Gasteiger charge is -2.09. The summed E-state index contributed by atoms with van der Waals surface area (Å²) < 4.78 is 3.66. The van der Waals surface area contributed by atoms with Crippen molar-refractivity contribution in [1.82, 2.24) is 19.6 Å². The van der Waals surface area contributed by atoms with Crippen molar-refractivity contribution in [2.24, 2.45) is 14.1 Å². The molecule has 0 amide bonds. The molecule has 1 atom stereocenters. The third-order valence-corrected chi connectivity index (χ3v) is 3.60. The number of aromatic nitrogens is 4. The van der Waals surface area contributed by atoms with Crippen molar-refractivity contribution in [1.29, 1.82) is 0 Å². The predicted octanol–water partition coefficient (Wildman–Crippen LogP) is 1.31. The molecule has 0 aliphatic carbocycles. The van der Waals surface area contributed by atoms with Crippen LogP contribution in [0, 0.1) is 13.8 Å². The van der Waals surface area contributed by atoms with Crippen LogP contribution in [0.3, 0.4) is 0 Å². The van der Waals surface area contributed by atoms with Crippen LogP contribution in [0.5, 0.6) is 0 Å². The molecule has 104 valence electrons. The smallest absolute Gasteiger partial charge is 0.0650 e. The zero-order chi connectivity index (χ0) is 14.0. The quantitative estimate of drug-likeness (QED) is 0.884. The molecule has 2 heterocycles. The number of rotatable bonds is 5. The average molecular weight is 262 g/mol. The maximum Gasteiger partial charge on any atom is 0.0650 e. The van der Waals surface area contributed by atoms with Crippen molar-refractivity contribution >= 4 is 0 Å². The van der Waals surface area contributed by atoms with E-state index in [1.165, 1.54) is 11.3 Å². The van der Waals surface area contributed by atoms with Crippen molar-refractivity contribution in [3.8, 4) is 0 Å². The summed E-state index contributed by atoms with van der Waals surface area (Å²) in [5.41, 5.74) is 4.43. The van der Waals surface area contributed by atoms with Gasteiger partial charge in [0.25, 0.3) is 0 Å². The first-order valence-electron chi connectivity index (χ1n) is 6.63. The minimum absolute atomic E-state index is 0.353. The summed E-state index contributed by atoms with van der Waals surface area (Å²) in [4.78, 5) is 0. The number of nitrogens with zero attached hydrogens (tertiary/aromatic N) is 4. The lowest BCUT2D eigenvalue weighted by Crippen LogP contribution is -2.12. The third-order valence-electron chi connectivity index (χ3n) is 3.60. The van der Waals surface area contributed by atoms with Gasteiger partial charge in [0.05, 0.1) is 17.5 Å². The summed E-state index contributed by atoms with van der Waals surface area (Å²) in [5, 5.41) is 18.8. The Labute approximate surface area is 113 Å². The van der Waals surface area contributed by atoms with E-state index >= 15 is 0 Å². The number of hydrogen-bond acceptors (Lipinski definition) is 3. The molecule has 0 aromatic carbocycles. The van der Waals surface area contributed by atoms with Gasteiger partial charge < -0.3 is 5.11 Å². The van der Waals surface area contributed by atoms with Gasteiger partial charge in [-0.1, -0.05) is 0 Å². The van der Waals surface area contributed by atoms with Crippen molar-refractivity contribution in [3.05, 3.63) is 34.9 Å². The molecular formula is C14H22N4O. The van der Waals surface area contributed by atoms with Crippen molar-refractivity contribution in [3.63, 3.8) is 0 Å². The number of hydrogen-bond donors (Lipinski definition) is 1. The molecule has 0 saturated heterocycles. The van der Waals surface area contributed by atoms with Gasteiger partial charge in [0, 0.05) is 32.4 Å². The van der Waals surface area contributed by atoms with Crippen LogP contribution in [-0.4, -0.2) is 30.8 Å². The fourth-order valence-electron chi connectivity index (χ4n) is 2.41. The first kappa shape index (κ1) is 13.8. The summed E-state index contributed by atoms with van der Waals surface area (Å²) >= 11 is 0. The van der Waals surface area contributed by atoms with Crippen LogP contribution < -0.4 is 0 Å². The molecule has 2 aromatic heterocycles. The maximum absolute atomic E-state index is 10.1. The second-order valence-corrected chi connectivity index (χ2v) is 5.15. The number of aliphatic hydroxyl groups is 1. The molecule has 0 fully saturated rings. The molecule has 0 spiro atoms. The fraction of sp³-hybridized carbons (Fsp3) is 0.571. The van der Waals surface area contributed by atoms with Gasteiger partial charge in [-0.15, -0.1) is 0 Å². The maximum atomic E-state index is 10.1. The van der Waals surface area contributed by atoms with Gasteiger partial charge in [0.2, 0.25) is 0 Å². The van der Waals surface area contributed by atoms with E-state index in [0.29, 0.717) is 6.42 Å². The molecule has 1 unspecified atom stereocenters. The van der Waals surface area contributed by atoms with Crippen molar-refractivity contribution < 1.29 is 5.11 Å². The van der Waals surface area contributed by atoms with E-state index in [2.05, 4.69) is 17.1 Å². The zero-order valence-corrected chi connectivity index (χ0v) is 12.1. The predicted molar refractivity (Wildman–Crippen MR) is 73.9 cm³/mol. The van der Waals surface area contributed by atoms with E-state index in [9.17, 15) is 5.11 Å². The highest BCUT2D eigenvalue weighted by Gasteiger charge is 2.13. The van der Waals surface area contributed by atoms with Crippen molar-refractivity contribution in [2.75, 3.05) is 0 Å². The molecule has 0 saturated carbocycles. The van der Waals surface area contributed by atoms with E-state index in [0.717, 1.165) is 24.2 Å². The number of aryl methyl sites for hydroxylation is 3. The molecular weight excluding hydrogens is 240 g/mol. The second kappa shape index (κ2) is 5.57. The van der Waals surface area contributed by atoms with Gasteiger partial charge >= 0.3 is 0 Å². The third kappa shape index (κ3) is 3.23. The van der Waals surface area contributed by atoms with E-state index in [-0.39, 0.29) is 6.10 Å². The van der Waals surface area contributed by atoms with E-state index in [1.807, 2.05) is 38.0 Å². The first-order chi connectivity index (χ1) is 8.97. The molecule has 0 bridgehead atoms. The van der Waals surface area contributed by atoms with Gasteiger partial charge in [-0.25, -0.2) is 0 Å². The lowest BCUT2D eigenvalue weighted by atomic mass is 10.0. The van der Waals surface area contributed by atoms with Gasteiger partial charge in [-0.3, -0.25) is 9.36 Å². The molecule has 5 nitrogen and oxygen atoms in total. The zero-order valence-electron chi connectivity index (χ0n) is 12.1. The first-order valence-corrected chi connectivity index (χ1v) is 6.63. The topological polar surface area (TPSA) is 55.9 Å². The van der Waals surface area contributed by atoms with E-state index < -0.39 is 0 Å². The lowest BCUT2D eigenvalue weighted by molar-refractivity contribution is 0.163. The molecule has 5 heteroatoms. The minimum Gasteiger partial charge on any atom is -0.393 e. The summed E-state index contributed by atoms with van der Waals surface area (Å²) in [7, 11) is 3.84. The summed E-state index contributed by atoms with van der Waals surface area (Å²) in [6.07, 6.45) is 3.76. The Balaban J connectivity index is 1.91. The van der Waals surface area contributed by atoms with Crippen LogP contribution in [0.4, 0.5) is 0 Å². The molecule has 19 heavy (non-hydrogen) atoms. The molecule has 0 radical (unpaired) electrons. The average Bonchev–Trinajstić information content (AvgIpc) is 2.83. The SMILES string of the molecule is Cc1nn(C)c(C)c1CCC(O)Cc1ccn(C)n1. The number of aliphatic hydroxyl groups excluding tert-OH is 1. The summed E-state index contributed by atoms with van der Waals surface area (Å²) in [6.45, 7) is 4.09. The minimum atomic E-state index is -0.353. The Kier molecular flexibility index (Phi) is 4.04. The van der Waals surface area contributed by atoms with Gasteiger partial charge in [-0.2, -0.15) is 10.2 Å². The largest absolute Gasteiger partial charge is 0.393 e. The van der Waals surface area contributed by atoms with Crippen LogP contribution in [0.1, 0.15) is 29.1 Å². The van der Waals surface area contributed by atoms with Crippen LogP contribution in [0.15, 0.2) is 12.3 Å². The van der Waals surface area contributed by atoms with Crippen molar-refractivity contribution in [2.45, 2.75) is 39.2 Å². The Bertz CT molecular complexity index is 556. The van der Waals surface area contributed by atoms with Crippen LogP contribution in [0.25, 0.3) is 0 Å². The van der Waals surface area contributed by atoms with Crippen LogP contribution in [-0.2, 0) is 26.9 Å². The van der Waals surface area contributed by atoms with Crippen LogP contribution >= 0.6 is 0 Å². The summed E-state index contributed by atoms with van der Waals surface area (Å²) in [6, 6.07) is 1.95. The molecule has 2 rings (SSSR count). The summed E-state index contributed by atoms with van der Waals surface area (Å²) in [5.74, 6) is 0. The van der Waals surface area contributed by atoms with Gasteiger partial charge in [0.15, 0.2) is 0 Å². The standard InChI is InChI=1S/C14H22N4O/c1-10-14(11(2)18(4)15-10)6-5-13(19)9-12-7-8-17(3)16-12/h7-8,13,19H,5-6,9H2,1-4H3. The second-order valence-electron chi connectivity index (χ2n) is 5.15. The highest BCUT2D eigenvalue weighted by atomic mass is 16.3. The van der Waals surface area contributed by atoms with Gasteiger partial charge in [-0.05, 0) is 38.3 Å². The molecule has 0 aliphatic rings. The molecule has 2 aromatic rings. The molecule has 0 aliphatic heterocycles. The normalized spacial score (nSPS) is 12.9. The monoisotopic (exact) mass is 262 g/mol. The Morgan fingerprint density at radius 2 is 2.00 bits per heavy atom. The highest BCUT2D eigenvalue weighted by molar-refractivity contribution is 5.24. The molecule has 1 N–H and O–H groups in total. The highest BCUT2D eigenvalue weighted by Crippen LogP contribution is 2.16. The van der Waals surface area contributed by atoms with Gasteiger partial charge in [0.1, 0.15) is 0 Å². The Hall–Kier alpha value is -1.62.